The zero-order chi connectivity index (χ0) is 23.5. The number of hydrogen-bond acceptors (Lipinski definition) is 3. The van der Waals surface area contributed by atoms with Gasteiger partial charge in [-0.25, -0.2) is 5.06 Å². The molecule has 0 spiro atoms. The maximum absolute atomic E-state index is 12.7. The normalized spacial score (nSPS) is 11.8. The predicted octanol–water partition coefficient (Wildman–Crippen LogP) is 6.88. The lowest BCUT2D eigenvalue weighted by atomic mass is 9.95. The Balaban J connectivity index is 1.62. The fourth-order valence-electron chi connectivity index (χ4n) is 3.09. The quantitative estimate of drug-likeness (QED) is 0.335. The van der Waals surface area contributed by atoms with Gasteiger partial charge >= 0.3 is 6.18 Å². The molecule has 0 aliphatic heterocycles. The largest absolute Gasteiger partial charge is 0.416 e. The maximum Gasteiger partial charge on any atom is 0.416 e. The van der Waals surface area contributed by atoms with Gasteiger partial charge < -0.3 is 5.32 Å². The van der Waals surface area contributed by atoms with Crippen molar-refractivity contribution in [3.05, 3.63) is 83.9 Å². The smallest absolute Gasteiger partial charge is 0.356 e. The number of halogens is 3. The van der Waals surface area contributed by atoms with Crippen LogP contribution in [-0.2, 0) is 17.5 Å². The SMILES string of the molecule is CC(C)(C)C(=O)N(O)Cc1ccc(Nc2ccc(-c3ccc(C(F)(F)F)cc3)cc2)cc1. The van der Waals surface area contributed by atoms with E-state index in [-0.39, 0.29) is 12.5 Å². The van der Waals surface area contributed by atoms with Crippen molar-refractivity contribution in [2.45, 2.75) is 33.5 Å². The first-order valence-electron chi connectivity index (χ1n) is 10.1. The van der Waals surface area contributed by atoms with Crippen molar-refractivity contribution in [1.82, 2.24) is 5.06 Å². The van der Waals surface area contributed by atoms with Gasteiger partial charge in [0.05, 0.1) is 12.1 Å². The van der Waals surface area contributed by atoms with E-state index in [0.29, 0.717) is 5.56 Å². The lowest BCUT2D eigenvalue weighted by Gasteiger charge is -2.24. The molecule has 4 nitrogen and oxygen atoms in total. The standard InChI is InChI=1S/C25H25F3N2O2/c1-24(2,3)23(31)30(32)16-17-4-12-21(13-5-17)29-22-14-8-19(9-15-22)18-6-10-20(11-7-18)25(26,27)28/h4-15,29,32H,16H2,1-3H3. The summed E-state index contributed by atoms with van der Waals surface area (Å²) in [7, 11) is 0. The second kappa shape index (κ2) is 9.04. The van der Waals surface area contributed by atoms with Gasteiger partial charge in [-0.15, -0.1) is 0 Å². The van der Waals surface area contributed by atoms with Crippen LogP contribution in [0, 0.1) is 5.41 Å². The van der Waals surface area contributed by atoms with E-state index >= 15 is 0 Å². The first kappa shape index (κ1) is 23.3. The molecule has 7 heteroatoms. The number of carbonyl (C=O) groups is 1. The molecule has 0 fully saturated rings. The summed E-state index contributed by atoms with van der Waals surface area (Å²) in [6, 6.07) is 19.7. The lowest BCUT2D eigenvalue weighted by molar-refractivity contribution is -0.177. The summed E-state index contributed by atoms with van der Waals surface area (Å²) in [6.07, 6.45) is -4.35. The van der Waals surface area contributed by atoms with Gasteiger partial charge in [-0.1, -0.05) is 57.2 Å². The van der Waals surface area contributed by atoms with Crippen LogP contribution < -0.4 is 5.32 Å². The number of nitrogens with one attached hydrogen (secondary N) is 1. The molecule has 0 aliphatic carbocycles. The summed E-state index contributed by atoms with van der Waals surface area (Å²) in [6.45, 7) is 5.33. The molecular formula is C25H25F3N2O2. The molecule has 0 radical (unpaired) electrons. The van der Waals surface area contributed by atoms with Crippen molar-refractivity contribution >= 4 is 17.3 Å². The second-order valence-corrected chi connectivity index (χ2v) is 8.59. The molecule has 1 amide bonds. The third-order valence-corrected chi connectivity index (χ3v) is 4.88. The molecule has 2 N–H and O–H groups in total. The highest BCUT2D eigenvalue weighted by atomic mass is 19.4. The third-order valence-electron chi connectivity index (χ3n) is 4.88. The number of alkyl halides is 3. The summed E-state index contributed by atoms with van der Waals surface area (Å²) in [5.41, 5.74) is 2.60. The molecule has 3 rings (SSSR count). The molecule has 3 aromatic rings. The van der Waals surface area contributed by atoms with Crippen LogP contribution in [0.4, 0.5) is 24.5 Å². The summed E-state index contributed by atoms with van der Waals surface area (Å²) in [5, 5.41) is 14.0. The van der Waals surface area contributed by atoms with Crippen LogP contribution in [0.5, 0.6) is 0 Å². The number of anilines is 2. The average Bonchev–Trinajstić information content (AvgIpc) is 2.74. The van der Waals surface area contributed by atoms with E-state index in [2.05, 4.69) is 5.32 Å². The monoisotopic (exact) mass is 442 g/mol. The summed E-state index contributed by atoms with van der Waals surface area (Å²) in [4.78, 5) is 12.1. The van der Waals surface area contributed by atoms with Gasteiger partial charge in [0, 0.05) is 16.8 Å². The number of rotatable bonds is 5. The molecule has 0 unspecified atom stereocenters. The minimum absolute atomic E-state index is 0.0954. The first-order chi connectivity index (χ1) is 14.9. The molecule has 0 saturated carbocycles. The van der Waals surface area contributed by atoms with Crippen molar-refractivity contribution in [1.29, 1.82) is 0 Å². The van der Waals surface area contributed by atoms with Gasteiger partial charge in [0.2, 0.25) is 0 Å². The number of benzene rings is 3. The Morgan fingerprint density at radius 2 is 1.25 bits per heavy atom. The maximum atomic E-state index is 12.7. The van der Waals surface area contributed by atoms with Gasteiger partial charge in [-0.3, -0.25) is 10.0 Å². The molecular weight excluding hydrogens is 417 g/mol. The van der Waals surface area contributed by atoms with E-state index in [9.17, 15) is 23.2 Å². The van der Waals surface area contributed by atoms with Gasteiger partial charge in [-0.05, 0) is 53.1 Å². The Kier molecular flexibility index (Phi) is 6.60. The molecule has 0 atom stereocenters. The van der Waals surface area contributed by atoms with Crippen LogP contribution in [-0.4, -0.2) is 16.2 Å². The minimum Gasteiger partial charge on any atom is -0.356 e. The van der Waals surface area contributed by atoms with Gasteiger partial charge in [0.1, 0.15) is 0 Å². The summed E-state index contributed by atoms with van der Waals surface area (Å²) in [5.74, 6) is -0.354. The average molecular weight is 442 g/mol. The minimum atomic E-state index is -4.35. The number of carbonyl (C=O) groups excluding carboxylic acids is 1. The van der Waals surface area contributed by atoms with Gasteiger partial charge in [0.15, 0.2) is 0 Å². The van der Waals surface area contributed by atoms with Crippen LogP contribution in [0.2, 0.25) is 0 Å². The van der Waals surface area contributed by atoms with E-state index < -0.39 is 17.2 Å². The first-order valence-corrected chi connectivity index (χ1v) is 10.1. The molecule has 3 aromatic carbocycles. The Morgan fingerprint density at radius 1 is 0.812 bits per heavy atom. The highest BCUT2D eigenvalue weighted by Crippen LogP contribution is 2.31. The van der Waals surface area contributed by atoms with Crippen molar-refractivity contribution in [3.8, 4) is 11.1 Å². The van der Waals surface area contributed by atoms with E-state index in [1.54, 1.807) is 20.8 Å². The fraction of sp³-hybridized carbons (Fsp3) is 0.240. The molecule has 0 aromatic heterocycles. The van der Waals surface area contributed by atoms with E-state index in [1.165, 1.54) is 12.1 Å². The van der Waals surface area contributed by atoms with Crippen LogP contribution in [0.3, 0.4) is 0 Å². The Labute approximate surface area is 185 Å². The molecule has 0 saturated heterocycles. The van der Waals surface area contributed by atoms with Gasteiger partial charge in [0.25, 0.3) is 5.91 Å². The molecule has 0 bridgehead atoms. The van der Waals surface area contributed by atoms with Crippen molar-refractivity contribution in [2.24, 2.45) is 5.41 Å². The van der Waals surface area contributed by atoms with E-state index in [0.717, 1.165) is 39.7 Å². The Bertz CT molecular complexity index is 1050. The Morgan fingerprint density at radius 3 is 1.69 bits per heavy atom. The number of nitrogens with zero attached hydrogens (tertiary/aromatic N) is 1. The van der Waals surface area contributed by atoms with E-state index in [4.69, 9.17) is 0 Å². The third kappa shape index (κ3) is 5.88. The number of amides is 1. The van der Waals surface area contributed by atoms with Crippen LogP contribution in [0.25, 0.3) is 11.1 Å². The zero-order valence-corrected chi connectivity index (χ0v) is 18.1. The fourth-order valence-corrected chi connectivity index (χ4v) is 3.09. The number of hydroxylamine groups is 2. The molecule has 168 valence electrons. The molecule has 32 heavy (non-hydrogen) atoms. The highest BCUT2D eigenvalue weighted by Gasteiger charge is 2.30. The summed E-state index contributed by atoms with van der Waals surface area (Å²) < 4.78 is 38.1. The topological polar surface area (TPSA) is 52.6 Å². The molecule has 0 heterocycles. The van der Waals surface area contributed by atoms with Crippen molar-refractivity contribution in [3.63, 3.8) is 0 Å². The Hall–Kier alpha value is -3.32. The lowest BCUT2D eigenvalue weighted by Crippen LogP contribution is -2.36. The predicted molar refractivity (Wildman–Crippen MR) is 118 cm³/mol. The van der Waals surface area contributed by atoms with Crippen LogP contribution >= 0.6 is 0 Å². The number of hydrogen-bond donors (Lipinski definition) is 2. The van der Waals surface area contributed by atoms with E-state index in [1.807, 2.05) is 48.5 Å². The van der Waals surface area contributed by atoms with Gasteiger partial charge in [-0.2, -0.15) is 13.2 Å². The summed E-state index contributed by atoms with van der Waals surface area (Å²) >= 11 is 0. The highest BCUT2D eigenvalue weighted by molar-refractivity contribution is 5.80. The second-order valence-electron chi connectivity index (χ2n) is 8.59. The van der Waals surface area contributed by atoms with Crippen LogP contribution in [0.15, 0.2) is 72.8 Å². The van der Waals surface area contributed by atoms with Crippen molar-refractivity contribution in [2.75, 3.05) is 5.32 Å². The van der Waals surface area contributed by atoms with Crippen LogP contribution in [0.1, 0.15) is 31.9 Å². The zero-order valence-electron chi connectivity index (χ0n) is 18.1. The molecule has 0 aliphatic rings. The van der Waals surface area contributed by atoms with Crippen molar-refractivity contribution < 1.29 is 23.2 Å².